The Kier molecular flexibility index (Phi) is 12.3. The number of ether oxygens (including phenoxy) is 2. The standard InChI is InChI=1S/C14H27NO4/c1-3-5-6-7-8-9-11-18-13(16)12-15-14(17)19-10-4-2/h3-12H2,1-2H3,(H,15,17). The molecule has 0 saturated carbocycles. The van der Waals surface area contributed by atoms with Crippen LogP contribution in [0.5, 0.6) is 0 Å². The van der Waals surface area contributed by atoms with Gasteiger partial charge in [0, 0.05) is 0 Å². The van der Waals surface area contributed by atoms with E-state index in [4.69, 9.17) is 9.47 Å². The van der Waals surface area contributed by atoms with Crippen molar-refractivity contribution in [2.45, 2.75) is 58.8 Å². The number of amides is 1. The molecule has 19 heavy (non-hydrogen) atoms. The number of esters is 1. The van der Waals surface area contributed by atoms with Crippen molar-refractivity contribution in [2.75, 3.05) is 19.8 Å². The van der Waals surface area contributed by atoms with E-state index in [0.717, 1.165) is 19.3 Å². The van der Waals surface area contributed by atoms with E-state index in [9.17, 15) is 9.59 Å². The van der Waals surface area contributed by atoms with E-state index in [1.54, 1.807) is 0 Å². The van der Waals surface area contributed by atoms with Crippen LogP contribution in [0.25, 0.3) is 0 Å². The zero-order valence-electron chi connectivity index (χ0n) is 12.2. The Morgan fingerprint density at radius 3 is 2.21 bits per heavy atom. The van der Waals surface area contributed by atoms with Crippen LogP contribution in [0.15, 0.2) is 0 Å². The highest BCUT2D eigenvalue weighted by molar-refractivity contribution is 5.77. The van der Waals surface area contributed by atoms with Gasteiger partial charge in [-0.1, -0.05) is 46.0 Å². The summed E-state index contributed by atoms with van der Waals surface area (Å²) >= 11 is 0. The van der Waals surface area contributed by atoms with Crippen LogP contribution in [-0.2, 0) is 14.3 Å². The van der Waals surface area contributed by atoms with Crippen molar-refractivity contribution in [1.29, 1.82) is 0 Å². The summed E-state index contributed by atoms with van der Waals surface area (Å²) < 4.78 is 9.76. The van der Waals surface area contributed by atoms with E-state index in [-0.39, 0.29) is 6.54 Å². The van der Waals surface area contributed by atoms with Crippen LogP contribution in [-0.4, -0.2) is 31.8 Å². The Hall–Kier alpha value is -1.26. The summed E-state index contributed by atoms with van der Waals surface area (Å²) in [6.07, 6.45) is 7.09. The largest absolute Gasteiger partial charge is 0.464 e. The first kappa shape index (κ1) is 17.7. The van der Waals surface area contributed by atoms with Crippen LogP contribution >= 0.6 is 0 Å². The smallest absolute Gasteiger partial charge is 0.407 e. The number of alkyl carbamates (subject to hydrolysis) is 1. The van der Waals surface area contributed by atoms with Crippen molar-refractivity contribution in [3.63, 3.8) is 0 Å². The first-order valence-electron chi connectivity index (χ1n) is 7.27. The minimum Gasteiger partial charge on any atom is -0.464 e. The molecular weight excluding hydrogens is 246 g/mol. The van der Waals surface area contributed by atoms with E-state index in [1.165, 1.54) is 25.7 Å². The van der Waals surface area contributed by atoms with Gasteiger partial charge in [-0.05, 0) is 12.8 Å². The zero-order valence-corrected chi connectivity index (χ0v) is 12.2. The number of carbonyl (C=O) groups excluding carboxylic acids is 2. The molecule has 0 bridgehead atoms. The minimum atomic E-state index is -0.571. The molecule has 1 N–H and O–H groups in total. The molecule has 0 rings (SSSR count). The topological polar surface area (TPSA) is 64.6 Å². The van der Waals surface area contributed by atoms with Crippen molar-refractivity contribution >= 4 is 12.1 Å². The first-order valence-corrected chi connectivity index (χ1v) is 7.27. The fourth-order valence-electron chi connectivity index (χ4n) is 1.51. The summed E-state index contributed by atoms with van der Waals surface area (Å²) in [4.78, 5) is 22.3. The Morgan fingerprint density at radius 2 is 1.53 bits per heavy atom. The van der Waals surface area contributed by atoms with Crippen LogP contribution in [0.2, 0.25) is 0 Å². The van der Waals surface area contributed by atoms with Gasteiger partial charge in [0.25, 0.3) is 0 Å². The van der Waals surface area contributed by atoms with Crippen LogP contribution in [0.3, 0.4) is 0 Å². The Bertz CT molecular complexity index is 244. The van der Waals surface area contributed by atoms with Gasteiger partial charge in [0.2, 0.25) is 0 Å². The summed E-state index contributed by atoms with van der Waals surface area (Å²) in [5, 5.41) is 2.35. The highest BCUT2D eigenvalue weighted by Gasteiger charge is 2.06. The zero-order chi connectivity index (χ0) is 14.3. The average molecular weight is 273 g/mol. The number of rotatable bonds is 11. The van der Waals surface area contributed by atoms with Crippen LogP contribution < -0.4 is 5.32 Å². The summed E-state index contributed by atoms with van der Waals surface area (Å²) in [7, 11) is 0. The molecule has 0 atom stereocenters. The van der Waals surface area contributed by atoms with Gasteiger partial charge in [0.1, 0.15) is 6.54 Å². The molecule has 0 aliphatic carbocycles. The third kappa shape index (κ3) is 13.0. The summed E-state index contributed by atoms with van der Waals surface area (Å²) in [6, 6.07) is 0. The van der Waals surface area contributed by atoms with Crippen LogP contribution in [0, 0.1) is 0 Å². The number of hydrogen-bond donors (Lipinski definition) is 1. The van der Waals surface area contributed by atoms with Crippen molar-refractivity contribution in [3.8, 4) is 0 Å². The molecular formula is C14H27NO4. The maximum atomic E-state index is 11.3. The van der Waals surface area contributed by atoms with Crippen LogP contribution in [0.1, 0.15) is 58.8 Å². The van der Waals surface area contributed by atoms with Gasteiger partial charge in [0.05, 0.1) is 13.2 Å². The molecule has 0 aromatic heterocycles. The maximum Gasteiger partial charge on any atom is 0.407 e. The molecule has 0 aliphatic heterocycles. The molecule has 0 aliphatic rings. The second kappa shape index (κ2) is 13.2. The lowest BCUT2D eigenvalue weighted by Gasteiger charge is -2.07. The van der Waals surface area contributed by atoms with Gasteiger partial charge < -0.3 is 14.8 Å². The molecule has 0 radical (unpaired) electrons. The van der Waals surface area contributed by atoms with Gasteiger partial charge in [-0.2, -0.15) is 0 Å². The maximum absolute atomic E-state index is 11.3. The van der Waals surface area contributed by atoms with Crippen LogP contribution in [0.4, 0.5) is 4.79 Å². The first-order chi connectivity index (χ1) is 9.20. The predicted octanol–water partition coefficient (Wildman–Crippen LogP) is 3.03. The molecule has 5 heteroatoms. The number of nitrogens with one attached hydrogen (secondary N) is 1. The molecule has 0 aromatic carbocycles. The third-order valence-corrected chi connectivity index (χ3v) is 2.58. The summed E-state index contributed by atoms with van der Waals surface area (Å²) in [6.45, 7) is 4.75. The highest BCUT2D eigenvalue weighted by atomic mass is 16.6. The predicted molar refractivity (Wildman–Crippen MR) is 74.0 cm³/mol. The molecule has 0 aromatic rings. The van der Waals surface area contributed by atoms with E-state index in [2.05, 4.69) is 12.2 Å². The summed E-state index contributed by atoms with van der Waals surface area (Å²) in [5.74, 6) is -0.415. The highest BCUT2D eigenvalue weighted by Crippen LogP contribution is 2.04. The fraction of sp³-hybridized carbons (Fsp3) is 0.857. The average Bonchev–Trinajstić information content (AvgIpc) is 2.41. The van der Waals surface area contributed by atoms with Crippen molar-refractivity contribution in [3.05, 3.63) is 0 Å². The monoisotopic (exact) mass is 273 g/mol. The number of unbranched alkanes of at least 4 members (excludes halogenated alkanes) is 5. The lowest BCUT2D eigenvalue weighted by molar-refractivity contribution is -0.142. The number of hydrogen-bond acceptors (Lipinski definition) is 4. The van der Waals surface area contributed by atoms with Gasteiger partial charge in [-0.15, -0.1) is 0 Å². The molecule has 5 nitrogen and oxygen atoms in total. The summed E-state index contributed by atoms with van der Waals surface area (Å²) in [5.41, 5.74) is 0. The van der Waals surface area contributed by atoms with E-state index < -0.39 is 12.1 Å². The van der Waals surface area contributed by atoms with Gasteiger partial charge in [-0.25, -0.2) is 4.79 Å². The van der Waals surface area contributed by atoms with Crippen molar-refractivity contribution in [1.82, 2.24) is 5.32 Å². The van der Waals surface area contributed by atoms with E-state index >= 15 is 0 Å². The van der Waals surface area contributed by atoms with E-state index in [0.29, 0.717) is 13.2 Å². The Morgan fingerprint density at radius 1 is 0.842 bits per heavy atom. The normalized spacial score (nSPS) is 10.0. The Balaban J connectivity index is 3.32. The van der Waals surface area contributed by atoms with Gasteiger partial charge >= 0.3 is 12.1 Å². The lowest BCUT2D eigenvalue weighted by Crippen LogP contribution is -2.31. The lowest BCUT2D eigenvalue weighted by atomic mass is 10.1. The quantitative estimate of drug-likeness (QED) is 0.464. The second-order valence-electron chi connectivity index (χ2n) is 4.48. The number of carbonyl (C=O) groups is 2. The van der Waals surface area contributed by atoms with Gasteiger partial charge in [0.15, 0.2) is 0 Å². The van der Waals surface area contributed by atoms with Gasteiger partial charge in [-0.3, -0.25) is 4.79 Å². The minimum absolute atomic E-state index is 0.127. The van der Waals surface area contributed by atoms with E-state index in [1.807, 2.05) is 6.92 Å². The third-order valence-electron chi connectivity index (χ3n) is 2.58. The fourth-order valence-corrected chi connectivity index (χ4v) is 1.51. The van der Waals surface area contributed by atoms with Crippen molar-refractivity contribution in [2.24, 2.45) is 0 Å². The molecule has 0 unspecified atom stereocenters. The molecule has 1 amide bonds. The molecule has 0 fully saturated rings. The molecule has 0 spiro atoms. The Labute approximate surface area is 116 Å². The molecule has 112 valence electrons. The molecule has 0 heterocycles. The second-order valence-corrected chi connectivity index (χ2v) is 4.48. The SMILES string of the molecule is CCCCCCCCOC(=O)CNC(=O)OCCC. The molecule has 0 saturated heterocycles. The van der Waals surface area contributed by atoms with Crippen molar-refractivity contribution < 1.29 is 19.1 Å².